The molecule has 0 aliphatic heterocycles. The molecular formula is C20H22N4OS. The molecule has 1 amide bonds. The van der Waals surface area contributed by atoms with Crippen LogP contribution in [0.1, 0.15) is 41.4 Å². The van der Waals surface area contributed by atoms with E-state index in [2.05, 4.69) is 34.0 Å². The number of aromatic nitrogens is 3. The molecule has 2 heterocycles. The second-order valence-electron chi connectivity index (χ2n) is 5.96. The third-order valence-corrected chi connectivity index (χ3v) is 5.33. The van der Waals surface area contributed by atoms with Crippen LogP contribution in [0.25, 0.3) is 10.8 Å². The van der Waals surface area contributed by atoms with Crippen molar-refractivity contribution in [3.05, 3.63) is 65.4 Å². The van der Waals surface area contributed by atoms with Crippen LogP contribution in [0, 0.1) is 0 Å². The van der Waals surface area contributed by atoms with Gasteiger partial charge in [-0.15, -0.1) is 11.3 Å². The van der Waals surface area contributed by atoms with Crippen LogP contribution in [-0.2, 0) is 0 Å². The van der Waals surface area contributed by atoms with E-state index in [4.69, 9.17) is 0 Å². The second-order valence-corrected chi connectivity index (χ2v) is 6.99. The van der Waals surface area contributed by atoms with Crippen molar-refractivity contribution >= 4 is 17.2 Å². The van der Waals surface area contributed by atoms with Gasteiger partial charge in [0, 0.05) is 31.4 Å². The topological polar surface area (TPSA) is 59.0 Å². The zero-order valence-electron chi connectivity index (χ0n) is 15.0. The quantitative estimate of drug-likeness (QED) is 0.627. The molecule has 1 atom stereocenters. The van der Waals surface area contributed by atoms with Crippen LogP contribution in [0.2, 0.25) is 0 Å². The average Bonchev–Trinajstić information content (AvgIpc) is 3.20. The lowest BCUT2D eigenvalue weighted by atomic mass is 9.96. The number of hydrogen-bond donors (Lipinski definition) is 0. The zero-order chi connectivity index (χ0) is 18.4. The molecule has 0 saturated carbocycles. The summed E-state index contributed by atoms with van der Waals surface area (Å²) >= 11 is 1.34. The van der Waals surface area contributed by atoms with Crippen LogP contribution in [-0.4, -0.2) is 38.8 Å². The van der Waals surface area contributed by atoms with E-state index in [-0.39, 0.29) is 5.91 Å². The molecule has 0 aliphatic rings. The van der Waals surface area contributed by atoms with E-state index in [9.17, 15) is 4.79 Å². The fraction of sp³-hybridized carbons (Fsp3) is 0.300. The first-order chi connectivity index (χ1) is 12.7. The Morgan fingerprint density at radius 2 is 1.81 bits per heavy atom. The molecule has 5 nitrogen and oxygen atoms in total. The number of carbonyl (C=O) groups is 1. The summed E-state index contributed by atoms with van der Waals surface area (Å²) in [6, 6.07) is 12.1. The van der Waals surface area contributed by atoms with Gasteiger partial charge in [0.05, 0.1) is 6.20 Å². The highest BCUT2D eigenvalue weighted by atomic mass is 32.1. The van der Waals surface area contributed by atoms with Crippen molar-refractivity contribution in [3.63, 3.8) is 0 Å². The number of thiazole rings is 1. The highest BCUT2D eigenvalue weighted by Gasteiger charge is 2.21. The SMILES string of the molecule is CCC(CN(CC)C(=O)c1cnc(-c2ncccn2)s1)c1ccccc1. The molecule has 1 aromatic carbocycles. The predicted molar refractivity (Wildman–Crippen MR) is 104 cm³/mol. The van der Waals surface area contributed by atoms with Crippen molar-refractivity contribution in [3.8, 4) is 10.8 Å². The van der Waals surface area contributed by atoms with Crippen molar-refractivity contribution < 1.29 is 4.79 Å². The molecule has 0 bridgehead atoms. The molecule has 0 spiro atoms. The number of nitrogens with zero attached hydrogens (tertiary/aromatic N) is 4. The summed E-state index contributed by atoms with van der Waals surface area (Å²) in [5, 5.41) is 0.667. The zero-order valence-corrected chi connectivity index (χ0v) is 15.8. The van der Waals surface area contributed by atoms with Gasteiger partial charge in [0.25, 0.3) is 5.91 Å². The molecule has 6 heteroatoms. The summed E-state index contributed by atoms with van der Waals surface area (Å²) in [6.45, 7) is 5.54. The molecule has 3 aromatic rings. The van der Waals surface area contributed by atoms with E-state index in [0.717, 1.165) is 6.42 Å². The Morgan fingerprint density at radius 3 is 2.46 bits per heavy atom. The number of rotatable bonds is 7. The van der Waals surface area contributed by atoms with Crippen molar-refractivity contribution in [2.24, 2.45) is 0 Å². The van der Waals surface area contributed by atoms with E-state index in [0.29, 0.717) is 34.7 Å². The number of benzene rings is 1. The summed E-state index contributed by atoms with van der Waals surface area (Å²) in [5.41, 5.74) is 1.27. The third-order valence-electron chi connectivity index (χ3n) is 4.35. The summed E-state index contributed by atoms with van der Waals surface area (Å²) in [6.07, 6.45) is 5.97. The van der Waals surface area contributed by atoms with Crippen LogP contribution in [0.15, 0.2) is 55.0 Å². The van der Waals surface area contributed by atoms with E-state index in [1.807, 2.05) is 30.0 Å². The Bertz CT molecular complexity index is 835. The van der Waals surface area contributed by atoms with Crippen molar-refractivity contribution in [2.45, 2.75) is 26.2 Å². The monoisotopic (exact) mass is 366 g/mol. The molecule has 0 radical (unpaired) electrons. The first kappa shape index (κ1) is 18.2. The van der Waals surface area contributed by atoms with Gasteiger partial charge in [-0.3, -0.25) is 4.79 Å². The van der Waals surface area contributed by atoms with Gasteiger partial charge in [0.15, 0.2) is 10.8 Å². The van der Waals surface area contributed by atoms with Crippen LogP contribution < -0.4 is 0 Å². The maximum Gasteiger partial charge on any atom is 0.265 e. The minimum Gasteiger partial charge on any atom is -0.338 e. The molecule has 0 aliphatic carbocycles. The molecule has 0 fully saturated rings. The fourth-order valence-corrected chi connectivity index (χ4v) is 3.69. The van der Waals surface area contributed by atoms with Gasteiger partial charge in [-0.1, -0.05) is 37.3 Å². The Hall–Kier alpha value is -2.60. The molecule has 1 unspecified atom stereocenters. The summed E-state index contributed by atoms with van der Waals surface area (Å²) in [4.78, 5) is 28.2. The highest BCUT2D eigenvalue weighted by Crippen LogP contribution is 2.25. The van der Waals surface area contributed by atoms with Crippen molar-refractivity contribution in [1.29, 1.82) is 0 Å². The second kappa shape index (κ2) is 8.67. The van der Waals surface area contributed by atoms with Crippen molar-refractivity contribution in [2.75, 3.05) is 13.1 Å². The number of likely N-dealkylation sites (N-methyl/N-ethyl adjacent to an activating group) is 1. The van der Waals surface area contributed by atoms with Gasteiger partial charge in [-0.2, -0.15) is 0 Å². The van der Waals surface area contributed by atoms with Gasteiger partial charge in [-0.25, -0.2) is 15.0 Å². The lowest BCUT2D eigenvalue weighted by Gasteiger charge is -2.26. The summed E-state index contributed by atoms with van der Waals surface area (Å²) < 4.78 is 0. The van der Waals surface area contributed by atoms with Gasteiger partial charge >= 0.3 is 0 Å². The first-order valence-electron chi connectivity index (χ1n) is 8.80. The van der Waals surface area contributed by atoms with Crippen LogP contribution in [0.3, 0.4) is 0 Å². The number of carbonyl (C=O) groups excluding carboxylic acids is 1. The lowest BCUT2D eigenvalue weighted by Crippen LogP contribution is -2.34. The average molecular weight is 366 g/mol. The Morgan fingerprint density at radius 1 is 1.08 bits per heavy atom. The van der Waals surface area contributed by atoms with E-state index in [1.165, 1.54) is 16.9 Å². The Kier molecular flexibility index (Phi) is 6.07. The van der Waals surface area contributed by atoms with Crippen molar-refractivity contribution in [1.82, 2.24) is 19.9 Å². The maximum atomic E-state index is 13.0. The normalized spacial score (nSPS) is 11.9. The lowest BCUT2D eigenvalue weighted by molar-refractivity contribution is 0.0758. The molecule has 2 aromatic heterocycles. The third kappa shape index (κ3) is 4.14. The fourth-order valence-electron chi connectivity index (χ4n) is 2.86. The largest absolute Gasteiger partial charge is 0.338 e. The van der Waals surface area contributed by atoms with Gasteiger partial charge in [-0.05, 0) is 25.0 Å². The van der Waals surface area contributed by atoms with Gasteiger partial charge in [0.1, 0.15) is 4.88 Å². The molecule has 3 rings (SSSR count). The van der Waals surface area contributed by atoms with E-state index in [1.54, 1.807) is 24.7 Å². The molecule has 26 heavy (non-hydrogen) atoms. The summed E-state index contributed by atoms with van der Waals surface area (Å²) in [7, 11) is 0. The molecule has 134 valence electrons. The van der Waals surface area contributed by atoms with E-state index < -0.39 is 0 Å². The van der Waals surface area contributed by atoms with E-state index >= 15 is 0 Å². The smallest absolute Gasteiger partial charge is 0.265 e. The maximum absolute atomic E-state index is 13.0. The molecule has 0 N–H and O–H groups in total. The Balaban J connectivity index is 1.76. The summed E-state index contributed by atoms with van der Waals surface area (Å²) in [5.74, 6) is 0.891. The standard InChI is InChI=1S/C20H22N4OS/c1-3-15(16-9-6-5-7-10-16)14-24(4-2)20(25)17-13-23-19(26-17)18-21-11-8-12-22-18/h5-13,15H,3-4,14H2,1-2H3. The first-order valence-corrected chi connectivity index (χ1v) is 9.62. The Labute approximate surface area is 157 Å². The molecule has 0 saturated heterocycles. The van der Waals surface area contributed by atoms with Crippen LogP contribution in [0.4, 0.5) is 0 Å². The number of amides is 1. The minimum absolute atomic E-state index is 0.0153. The predicted octanol–water partition coefficient (Wildman–Crippen LogP) is 4.26. The highest BCUT2D eigenvalue weighted by molar-refractivity contribution is 7.16. The van der Waals surface area contributed by atoms with Gasteiger partial charge in [0.2, 0.25) is 0 Å². The van der Waals surface area contributed by atoms with Crippen LogP contribution >= 0.6 is 11.3 Å². The minimum atomic E-state index is 0.0153. The number of hydrogen-bond acceptors (Lipinski definition) is 5. The van der Waals surface area contributed by atoms with Crippen LogP contribution in [0.5, 0.6) is 0 Å². The molecular weight excluding hydrogens is 344 g/mol. The van der Waals surface area contributed by atoms with Gasteiger partial charge < -0.3 is 4.90 Å².